The van der Waals surface area contributed by atoms with Crippen LogP contribution in [-0.2, 0) is 29.9 Å². The molecule has 0 radical (unpaired) electrons. The molecule has 0 bridgehead atoms. The number of hydrogen-bond acceptors (Lipinski definition) is 10. The highest BCUT2D eigenvalue weighted by Crippen LogP contribution is 2.44. The number of sulfonamides is 2. The maximum absolute atomic E-state index is 17.1. The van der Waals surface area contributed by atoms with Gasteiger partial charge in [0.1, 0.15) is 16.6 Å². The maximum Gasteiger partial charge on any atom is 0.261 e. The van der Waals surface area contributed by atoms with Crippen molar-refractivity contribution in [2.24, 2.45) is 5.14 Å². The van der Waals surface area contributed by atoms with E-state index >= 15 is 8.78 Å². The molecule has 332 valence electrons. The van der Waals surface area contributed by atoms with Gasteiger partial charge >= 0.3 is 0 Å². The highest BCUT2D eigenvalue weighted by molar-refractivity contribution is 7.89. The van der Waals surface area contributed by atoms with E-state index in [4.69, 9.17) is 19.5 Å². The van der Waals surface area contributed by atoms with E-state index in [0.717, 1.165) is 22.5 Å². The van der Waals surface area contributed by atoms with Crippen LogP contribution in [0, 0.1) is 17.5 Å². The number of nitrogens with zero attached hydrogens (tertiary/aromatic N) is 4. The van der Waals surface area contributed by atoms with Crippen molar-refractivity contribution in [2.45, 2.75) is 68.9 Å². The third kappa shape index (κ3) is 9.39. The average Bonchev–Trinajstić information content (AvgIpc) is 3.68. The molecular formula is C45H49F3N6O5S3Si. The molecule has 1 saturated heterocycles. The Labute approximate surface area is 371 Å². The number of thiazole rings is 1. The van der Waals surface area contributed by atoms with Gasteiger partial charge in [0, 0.05) is 54.0 Å². The summed E-state index contributed by atoms with van der Waals surface area (Å²) in [6.07, 6.45) is 3.81. The Morgan fingerprint density at radius 2 is 1.38 bits per heavy atom. The van der Waals surface area contributed by atoms with Crippen LogP contribution in [0.3, 0.4) is 0 Å². The van der Waals surface area contributed by atoms with Crippen molar-refractivity contribution in [1.29, 1.82) is 0 Å². The van der Waals surface area contributed by atoms with Gasteiger partial charge in [0.05, 0.1) is 22.5 Å². The minimum absolute atomic E-state index is 0.0455. The van der Waals surface area contributed by atoms with Crippen molar-refractivity contribution >= 4 is 56.0 Å². The van der Waals surface area contributed by atoms with E-state index in [1.807, 2.05) is 50.2 Å². The molecule has 2 aromatic heterocycles. The van der Waals surface area contributed by atoms with Gasteiger partial charge in [-0.1, -0.05) is 107 Å². The minimum Gasteiger partial charge on any atom is -0.406 e. The largest absolute Gasteiger partial charge is 0.406 e. The molecule has 0 atom stereocenters. The summed E-state index contributed by atoms with van der Waals surface area (Å²) in [5.41, 5.74) is -1.10. The van der Waals surface area contributed by atoms with Crippen LogP contribution < -0.4 is 20.8 Å². The Morgan fingerprint density at radius 1 is 0.794 bits per heavy atom. The van der Waals surface area contributed by atoms with Crippen molar-refractivity contribution in [2.75, 3.05) is 31.3 Å². The summed E-state index contributed by atoms with van der Waals surface area (Å²) >= 11 is 1.29. The summed E-state index contributed by atoms with van der Waals surface area (Å²) in [5.74, 6) is -3.59. The summed E-state index contributed by atoms with van der Waals surface area (Å²) < 4.78 is 105. The Hall–Kier alpha value is -4.82. The van der Waals surface area contributed by atoms with Gasteiger partial charge in [0.15, 0.2) is 10.7 Å². The Kier molecular flexibility index (Phi) is 12.9. The molecule has 1 aliphatic rings. The van der Waals surface area contributed by atoms with E-state index in [0.29, 0.717) is 41.5 Å². The van der Waals surface area contributed by atoms with E-state index < -0.39 is 61.7 Å². The number of aromatic nitrogens is 3. The molecule has 0 unspecified atom stereocenters. The molecule has 3 heterocycles. The van der Waals surface area contributed by atoms with Crippen LogP contribution in [0.5, 0.6) is 0 Å². The van der Waals surface area contributed by atoms with Gasteiger partial charge < -0.3 is 9.74 Å². The van der Waals surface area contributed by atoms with E-state index in [1.165, 1.54) is 40.1 Å². The molecule has 63 heavy (non-hydrogen) atoms. The maximum atomic E-state index is 17.1. The standard InChI is InChI=1S/C45H49F3N6O5S3Si/c1-44(2,3)63(30-14-9-7-10-15-30,31-16-11-8-12-17-31)59-28-45(4,5)42-53-39(34-19-13-18-32(37(34)47)33-20-21-35(46)41(38(33)48)62(49,57)58)40(60-42)36-22-25-50-43(52-36)51-29-23-26-54(27-24-29)61(6,55)56/h7-22,25,29H,23-24,26-28H2,1-6H3,(H2,49,57,58)(H,50,51,52). The van der Waals surface area contributed by atoms with Gasteiger partial charge in [0.25, 0.3) is 8.32 Å². The first-order chi connectivity index (χ1) is 29.6. The predicted molar refractivity (Wildman–Crippen MR) is 245 cm³/mol. The second kappa shape index (κ2) is 17.6. The zero-order valence-electron chi connectivity index (χ0n) is 35.7. The fourth-order valence-corrected chi connectivity index (χ4v) is 15.5. The number of rotatable bonds is 13. The highest BCUT2D eigenvalue weighted by Gasteiger charge is 2.51. The van der Waals surface area contributed by atoms with Crippen LogP contribution in [0.25, 0.3) is 33.0 Å². The molecule has 6 aromatic rings. The van der Waals surface area contributed by atoms with Crippen molar-refractivity contribution < 1.29 is 34.4 Å². The number of hydrogen-bond donors (Lipinski definition) is 2. The normalized spacial score (nSPS) is 14.8. The second-order valence-electron chi connectivity index (χ2n) is 17.3. The third-order valence-corrected chi connectivity index (χ3v) is 20.0. The fourth-order valence-electron chi connectivity index (χ4n) is 8.07. The third-order valence-electron chi connectivity index (χ3n) is 11.3. The van der Waals surface area contributed by atoms with Crippen molar-refractivity contribution in [3.63, 3.8) is 0 Å². The molecule has 0 aliphatic carbocycles. The molecule has 18 heteroatoms. The van der Waals surface area contributed by atoms with E-state index in [9.17, 15) is 21.2 Å². The summed E-state index contributed by atoms with van der Waals surface area (Å²) in [7, 11) is -11.2. The zero-order chi connectivity index (χ0) is 45.5. The molecule has 1 fully saturated rings. The number of primary sulfonamides is 1. The molecule has 1 aliphatic heterocycles. The Bertz CT molecular complexity index is 2820. The molecule has 7 rings (SSSR count). The number of halogens is 3. The van der Waals surface area contributed by atoms with Gasteiger partial charge in [-0.15, -0.1) is 11.3 Å². The van der Waals surface area contributed by atoms with E-state index in [-0.39, 0.29) is 40.5 Å². The predicted octanol–water partition coefficient (Wildman–Crippen LogP) is 7.69. The van der Waals surface area contributed by atoms with Gasteiger partial charge in [0.2, 0.25) is 26.0 Å². The highest BCUT2D eigenvalue weighted by atomic mass is 32.2. The van der Waals surface area contributed by atoms with Gasteiger partial charge in [-0.25, -0.2) is 54.4 Å². The molecule has 0 spiro atoms. The Morgan fingerprint density at radius 3 is 1.95 bits per heavy atom. The van der Waals surface area contributed by atoms with Gasteiger partial charge in [-0.2, -0.15) is 0 Å². The van der Waals surface area contributed by atoms with Crippen molar-refractivity contribution in [3.8, 4) is 33.0 Å². The number of nitrogens with one attached hydrogen (secondary N) is 1. The summed E-state index contributed by atoms with van der Waals surface area (Å²) in [6.45, 7) is 11.5. The van der Waals surface area contributed by atoms with Crippen molar-refractivity contribution in [1.82, 2.24) is 19.3 Å². The van der Waals surface area contributed by atoms with Crippen LogP contribution in [0.4, 0.5) is 19.1 Å². The molecular weight excluding hydrogens is 886 g/mol. The van der Waals surface area contributed by atoms with Crippen LogP contribution in [0.2, 0.25) is 5.04 Å². The first-order valence-corrected chi connectivity index (χ1v) is 26.4. The average molecular weight is 935 g/mol. The van der Waals surface area contributed by atoms with Crippen LogP contribution >= 0.6 is 11.3 Å². The lowest BCUT2D eigenvalue weighted by Gasteiger charge is -2.44. The monoisotopic (exact) mass is 934 g/mol. The lowest BCUT2D eigenvalue weighted by Crippen LogP contribution is -2.67. The summed E-state index contributed by atoms with van der Waals surface area (Å²) in [6, 6.07) is 27.9. The van der Waals surface area contributed by atoms with E-state index in [1.54, 1.807) is 12.3 Å². The quantitative estimate of drug-likeness (QED) is 0.111. The SMILES string of the molecule is CC(C)(CO[Si](c1ccccc1)(c1ccccc1)C(C)(C)C)c1nc(-c2cccc(-c3ccc(F)c(S(N)(=O)=O)c3F)c2F)c(-c2ccnc(NC3CCN(S(C)(=O)=O)CC3)n2)s1. The number of anilines is 1. The van der Waals surface area contributed by atoms with Gasteiger partial charge in [-0.05, 0) is 52.5 Å². The number of benzene rings is 4. The fraction of sp³-hybridized carbons (Fsp3) is 0.311. The molecule has 0 saturated carbocycles. The van der Waals surface area contributed by atoms with Gasteiger partial charge in [-0.3, -0.25) is 0 Å². The smallest absolute Gasteiger partial charge is 0.261 e. The molecule has 0 amide bonds. The second-order valence-corrected chi connectivity index (χ2v) is 26.1. The molecule has 4 aromatic carbocycles. The molecule has 3 N–H and O–H groups in total. The van der Waals surface area contributed by atoms with Crippen molar-refractivity contribution in [3.05, 3.63) is 126 Å². The Balaban J connectivity index is 1.34. The molecule has 11 nitrogen and oxygen atoms in total. The first-order valence-electron chi connectivity index (χ1n) is 20.2. The number of nitrogens with two attached hydrogens (primary N) is 1. The topological polar surface area (TPSA) is 157 Å². The lowest BCUT2D eigenvalue weighted by atomic mass is 9.96. The van der Waals surface area contributed by atoms with Crippen LogP contribution in [-0.4, -0.2) is 76.4 Å². The zero-order valence-corrected chi connectivity index (χ0v) is 39.1. The van der Waals surface area contributed by atoms with Crippen LogP contribution in [0.1, 0.15) is 52.5 Å². The van der Waals surface area contributed by atoms with E-state index in [2.05, 4.69) is 55.3 Å². The summed E-state index contributed by atoms with van der Waals surface area (Å²) in [4.78, 5) is 13.5. The minimum atomic E-state index is -4.85. The first kappa shape index (κ1) is 46.2. The number of piperidine rings is 1. The lowest BCUT2D eigenvalue weighted by molar-refractivity contribution is 0.226. The summed E-state index contributed by atoms with van der Waals surface area (Å²) in [5, 5.41) is 11.0. The van der Waals surface area contributed by atoms with Crippen LogP contribution in [0.15, 0.2) is 108 Å².